The van der Waals surface area contributed by atoms with Crippen molar-refractivity contribution in [3.63, 3.8) is 0 Å². The topological polar surface area (TPSA) is 55.1 Å². The van der Waals surface area contributed by atoms with Crippen molar-refractivity contribution >= 4 is 5.78 Å². The summed E-state index contributed by atoms with van der Waals surface area (Å²) in [6, 6.07) is 7.29. The standard InChI is InChI=1S/C13H14N2O2/c1-3-15-12(11(16)8-14-15)13(17)10-6-4-5-9(2)7-10/h4-8,16H,3H2,1-2H3. The fraction of sp³-hybridized carbons (Fsp3) is 0.231. The van der Waals surface area contributed by atoms with Crippen LogP contribution in [-0.2, 0) is 6.54 Å². The van der Waals surface area contributed by atoms with Crippen LogP contribution in [0.25, 0.3) is 0 Å². The van der Waals surface area contributed by atoms with Crippen LogP contribution in [0.15, 0.2) is 30.5 Å². The van der Waals surface area contributed by atoms with E-state index in [1.807, 2.05) is 26.0 Å². The maximum absolute atomic E-state index is 12.2. The summed E-state index contributed by atoms with van der Waals surface area (Å²) in [6.45, 7) is 4.35. The molecule has 0 saturated heterocycles. The van der Waals surface area contributed by atoms with Crippen molar-refractivity contribution in [1.29, 1.82) is 0 Å². The maximum Gasteiger partial charge on any atom is 0.214 e. The summed E-state index contributed by atoms with van der Waals surface area (Å²) in [5, 5.41) is 13.6. The highest BCUT2D eigenvalue weighted by molar-refractivity contribution is 6.09. The fourth-order valence-electron chi connectivity index (χ4n) is 1.77. The molecule has 0 atom stereocenters. The van der Waals surface area contributed by atoms with Gasteiger partial charge in [0.05, 0.1) is 6.20 Å². The van der Waals surface area contributed by atoms with E-state index in [1.165, 1.54) is 10.9 Å². The van der Waals surface area contributed by atoms with Gasteiger partial charge in [0.1, 0.15) is 0 Å². The lowest BCUT2D eigenvalue weighted by Gasteiger charge is -2.05. The SMILES string of the molecule is CCn1ncc(O)c1C(=O)c1cccc(C)c1. The van der Waals surface area contributed by atoms with Crippen LogP contribution in [0.2, 0.25) is 0 Å². The van der Waals surface area contributed by atoms with E-state index in [1.54, 1.807) is 12.1 Å². The van der Waals surface area contributed by atoms with E-state index in [9.17, 15) is 9.90 Å². The molecule has 2 rings (SSSR count). The molecule has 2 aromatic rings. The molecule has 0 bridgehead atoms. The van der Waals surface area contributed by atoms with E-state index in [0.29, 0.717) is 12.1 Å². The lowest BCUT2D eigenvalue weighted by Crippen LogP contribution is -2.10. The van der Waals surface area contributed by atoms with Crippen LogP contribution in [0.1, 0.15) is 28.5 Å². The highest BCUT2D eigenvalue weighted by Gasteiger charge is 2.19. The number of hydrogen-bond acceptors (Lipinski definition) is 3. The van der Waals surface area contributed by atoms with E-state index >= 15 is 0 Å². The van der Waals surface area contributed by atoms with Crippen LogP contribution in [0.4, 0.5) is 0 Å². The molecule has 1 aromatic heterocycles. The number of carbonyl (C=O) groups excluding carboxylic acids is 1. The molecule has 1 heterocycles. The monoisotopic (exact) mass is 230 g/mol. The molecule has 0 spiro atoms. The molecular weight excluding hydrogens is 216 g/mol. The van der Waals surface area contributed by atoms with Gasteiger partial charge in [0.15, 0.2) is 11.4 Å². The number of aromatic hydroxyl groups is 1. The molecule has 0 aliphatic carbocycles. The van der Waals surface area contributed by atoms with E-state index < -0.39 is 0 Å². The summed E-state index contributed by atoms with van der Waals surface area (Å²) in [7, 11) is 0. The van der Waals surface area contributed by atoms with Gasteiger partial charge in [-0.15, -0.1) is 0 Å². The fourth-order valence-corrected chi connectivity index (χ4v) is 1.77. The van der Waals surface area contributed by atoms with Gasteiger partial charge in [0, 0.05) is 12.1 Å². The average Bonchev–Trinajstić information content (AvgIpc) is 2.69. The first kappa shape index (κ1) is 11.4. The van der Waals surface area contributed by atoms with E-state index in [-0.39, 0.29) is 17.2 Å². The van der Waals surface area contributed by atoms with Gasteiger partial charge < -0.3 is 5.11 Å². The molecule has 88 valence electrons. The average molecular weight is 230 g/mol. The Morgan fingerprint density at radius 3 is 2.88 bits per heavy atom. The van der Waals surface area contributed by atoms with Gasteiger partial charge in [-0.05, 0) is 19.9 Å². The lowest BCUT2D eigenvalue weighted by atomic mass is 10.1. The van der Waals surface area contributed by atoms with Crippen LogP contribution in [0, 0.1) is 6.92 Å². The molecule has 4 nitrogen and oxygen atoms in total. The predicted octanol–water partition coefficient (Wildman–Crippen LogP) is 2.15. The Labute approximate surface area is 99.5 Å². The van der Waals surface area contributed by atoms with Crippen molar-refractivity contribution in [3.8, 4) is 5.75 Å². The second kappa shape index (κ2) is 4.41. The number of aryl methyl sites for hydroxylation is 2. The smallest absolute Gasteiger partial charge is 0.214 e. The van der Waals surface area contributed by atoms with Crippen LogP contribution in [-0.4, -0.2) is 20.7 Å². The summed E-state index contributed by atoms with van der Waals surface area (Å²) in [5.41, 5.74) is 1.83. The largest absolute Gasteiger partial charge is 0.504 e. The third-order valence-electron chi connectivity index (χ3n) is 2.62. The number of nitrogens with zero attached hydrogens (tertiary/aromatic N) is 2. The molecular formula is C13H14N2O2. The molecule has 0 aliphatic heterocycles. The quantitative estimate of drug-likeness (QED) is 0.822. The Hall–Kier alpha value is -2.10. The van der Waals surface area contributed by atoms with Gasteiger partial charge in [-0.2, -0.15) is 5.10 Å². The number of rotatable bonds is 3. The Bertz CT molecular complexity index is 558. The Kier molecular flexibility index (Phi) is 2.95. The minimum absolute atomic E-state index is 0.0710. The summed E-state index contributed by atoms with van der Waals surface area (Å²) in [6.07, 6.45) is 1.30. The molecule has 17 heavy (non-hydrogen) atoms. The van der Waals surface area contributed by atoms with Gasteiger partial charge in [-0.1, -0.05) is 23.8 Å². The third-order valence-corrected chi connectivity index (χ3v) is 2.62. The molecule has 0 fully saturated rings. The number of ketones is 1. The van der Waals surface area contributed by atoms with Crippen molar-refractivity contribution in [1.82, 2.24) is 9.78 Å². The van der Waals surface area contributed by atoms with Gasteiger partial charge in [-0.3, -0.25) is 9.48 Å². The Morgan fingerprint density at radius 2 is 2.24 bits per heavy atom. The minimum Gasteiger partial charge on any atom is -0.504 e. The number of hydrogen-bond donors (Lipinski definition) is 1. The first-order valence-electron chi connectivity index (χ1n) is 5.49. The number of carbonyl (C=O) groups is 1. The molecule has 0 amide bonds. The van der Waals surface area contributed by atoms with Gasteiger partial charge in [0.25, 0.3) is 0 Å². The van der Waals surface area contributed by atoms with Crippen molar-refractivity contribution in [2.45, 2.75) is 20.4 Å². The van der Waals surface area contributed by atoms with E-state index in [2.05, 4.69) is 5.10 Å². The van der Waals surface area contributed by atoms with E-state index in [0.717, 1.165) is 5.56 Å². The van der Waals surface area contributed by atoms with Crippen LogP contribution in [0.5, 0.6) is 5.75 Å². The van der Waals surface area contributed by atoms with Crippen LogP contribution >= 0.6 is 0 Å². The normalized spacial score (nSPS) is 10.5. The first-order chi connectivity index (χ1) is 8.13. The highest BCUT2D eigenvalue weighted by Crippen LogP contribution is 2.20. The lowest BCUT2D eigenvalue weighted by molar-refractivity contribution is 0.102. The highest BCUT2D eigenvalue weighted by atomic mass is 16.3. The van der Waals surface area contributed by atoms with Gasteiger partial charge in [0.2, 0.25) is 5.78 Å². The van der Waals surface area contributed by atoms with Crippen LogP contribution < -0.4 is 0 Å². The number of aromatic nitrogens is 2. The van der Waals surface area contributed by atoms with Crippen molar-refractivity contribution in [2.24, 2.45) is 0 Å². The zero-order chi connectivity index (χ0) is 12.4. The predicted molar refractivity (Wildman–Crippen MR) is 64.2 cm³/mol. The molecule has 4 heteroatoms. The third kappa shape index (κ3) is 2.06. The van der Waals surface area contributed by atoms with Crippen molar-refractivity contribution < 1.29 is 9.90 Å². The zero-order valence-electron chi connectivity index (χ0n) is 9.84. The number of benzene rings is 1. The van der Waals surface area contributed by atoms with Crippen molar-refractivity contribution in [2.75, 3.05) is 0 Å². The van der Waals surface area contributed by atoms with E-state index in [4.69, 9.17) is 0 Å². The van der Waals surface area contributed by atoms with Gasteiger partial charge >= 0.3 is 0 Å². The molecule has 0 unspecified atom stereocenters. The molecule has 1 N–H and O–H groups in total. The molecule has 0 radical (unpaired) electrons. The summed E-state index contributed by atoms with van der Waals surface area (Å²) in [5.74, 6) is -0.274. The second-order valence-corrected chi connectivity index (χ2v) is 3.89. The molecule has 0 aliphatic rings. The summed E-state index contributed by atoms with van der Waals surface area (Å²) >= 11 is 0. The zero-order valence-corrected chi connectivity index (χ0v) is 9.84. The first-order valence-corrected chi connectivity index (χ1v) is 5.49. The second-order valence-electron chi connectivity index (χ2n) is 3.89. The molecule has 0 saturated carbocycles. The Balaban J connectivity index is 2.47. The van der Waals surface area contributed by atoms with Crippen molar-refractivity contribution in [3.05, 3.63) is 47.3 Å². The Morgan fingerprint density at radius 1 is 1.47 bits per heavy atom. The van der Waals surface area contributed by atoms with Gasteiger partial charge in [-0.25, -0.2) is 0 Å². The van der Waals surface area contributed by atoms with Crippen LogP contribution in [0.3, 0.4) is 0 Å². The minimum atomic E-state index is -0.203. The maximum atomic E-state index is 12.2. The summed E-state index contributed by atoms with van der Waals surface area (Å²) in [4.78, 5) is 12.2. The summed E-state index contributed by atoms with van der Waals surface area (Å²) < 4.78 is 1.50. The molecule has 1 aromatic carbocycles.